The fraction of sp³-hybridized carbons (Fsp3) is 0.476. The molecule has 29 heavy (non-hydrogen) atoms. The third kappa shape index (κ3) is 9.25. The van der Waals surface area contributed by atoms with Gasteiger partial charge in [-0.1, -0.05) is 45.9 Å². The van der Waals surface area contributed by atoms with E-state index in [4.69, 9.17) is 10.8 Å². The Morgan fingerprint density at radius 3 is 2.24 bits per heavy atom. The molecule has 0 aliphatic carbocycles. The fourth-order valence-corrected chi connectivity index (χ4v) is 2.40. The minimum atomic E-state index is -1.20. The highest BCUT2D eigenvalue weighted by atomic mass is 16.4. The second-order valence-electron chi connectivity index (χ2n) is 8.51. The van der Waals surface area contributed by atoms with Gasteiger partial charge in [0.2, 0.25) is 5.91 Å². The maximum absolute atomic E-state index is 11.8. The van der Waals surface area contributed by atoms with Gasteiger partial charge in [-0.2, -0.15) is 0 Å². The van der Waals surface area contributed by atoms with Crippen molar-refractivity contribution < 1.29 is 24.6 Å². The third-order valence-electron chi connectivity index (χ3n) is 3.73. The molecule has 8 heteroatoms. The van der Waals surface area contributed by atoms with Crippen LogP contribution in [0.3, 0.4) is 0 Å². The van der Waals surface area contributed by atoms with E-state index < -0.39 is 29.9 Å². The normalized spacial score (nSPS) is 13.1. The number of nitrogens with one attached hydrogen (secondary N) is 2. The predicted octanol–water partition coefficient (Wildman–Crippen LogP) is 2.52. The van der Waals surface area contributed by atoms with Crippen molar-refractivity contribution in [1.29, 1.82) is 0 Å². The van der Waals surface area contributed by atoms with Gasteiger partial charge in [0.05, 0.1) is 0 Å². The smallest absolute Gasteiger partial charge is 0.326 e. The molecule has 2 rings (SSSR count). The zero-order valence-electron chi connectivity index (χ0n) is 17.4. The number of aromatic nitrogens is 1. The van der Waals surface area contributed by atoms with Gasteiger partial charge in [-0.15, -0.1) is 0 Å². The van der Waals surface area contributed by atoms with Gasteiger partial charge in [0.1, 0.15) is 12.1 Å². The predicted molar refractivity (Wildman–Crippen MR) is 112 cm³/mol. The highest BCUT2D eigenvalue weighted by molar-refractivity contribution is 5.87. The van der Waals surface area contributed by atoms with Gasteiger partial charge in [0.15, 0.2) is 0 Å². The van der Waals surface area contributed by atoms with Gasteiger partial charge < -0.3 is 26.2 Å². The number of carbonyl (C=O) groups excluding carboxylic acids is 1. The number of para-hydroxylation sites is 1. The third-order valence-corrected chi connectivity index (χ3v) is 3.73. The van der Waals surface area contributed by atoms with Crippen LogP contribution in [0.5, 0.6) is 0 Å². The Kier molecular flexibility index (Phi) is 8.85. The fourth-order valence-electron chi connectivity index (χ4n) is 2.40. The number of aromatic amines is 1. The molecule has 0 spiro atoms. The lowest BCUT2D eigenvalue weighted by Gasteiger charge is -2.15. The quantitative estimate of drug-likeness (QED) is 0.456. The lowest BCUT2D eigenvalue weighted by Crippen LogP contribution is -2.43. The first-order valence-electron chi connectivity index (χ1n) is 9.44. The van der Waals surface area contributed by atoms with Gasteiger partial charge >= 0.3 is 11.9 Å². The molecule has 0 bridgehead atoms. The van der Waals surface area contributed by atoms with Crippen LogP contribution in [0.2, 0.25) is 0 Å². The number of aliphatic carboxylic acids is 2. The molecule has 8 nitrogen and oxygen atoms in total. The summed E-state index contributed by atoms with van der Waals surface area (Å²) in [5.74, 6) is -2.90. The molecule has 0 aliphatic heterocycles. The van der Waals surface area contributed by atoms with E-state index in [0.717, 1.165) is 16.5 Å². The number of benzene rings is 1. The summed E-state index contributed by atoms with van der Waals surface area (Å²) in [7, 11) is 0. The summed E-state index contributed by atoms with van der Waals surface area (Å²) in [5.41, 5.74) is 7.49. The molecule has 1 amide bonds. The summed E-state index contributed by atoms with van der Waals surface area (Å²) in [6.45, 7) is 8.75. The van der Waals surface area contributed by atoms with Crippen molar-refractivity contribution in [3.8, 4) is 0 Å². The first-order chi connectivity index (χ1) is 13.4. The zero-order chi connectivity index (χ0) is 22.2. The van der Waals surface area contributed by atoms with Crippen molar-refractivity contribution in [3.05, 3.63) is 36.0 Å². The van der Waals surface area contributed by atoms with Gasteiger partial charge in [0.25, 0.3) is 0 Å². The minimum Gasteiger partial charge on any atom is -0.480 e. The summed E-state index contributed by atoms with van der Waals surface area (Å²) < 4.78 is 0. The van der Waals surface area contributed by atoms with Crippen molar-refractivity contribution in [2.24, 2.45) is 11.1 Å². The molecule has 0 saturated heterocycles. The van der Waals surface area contributed by atoms with Crippen LogP contribution in [0.15, 0.2) is 30.5 Å². The van der Waals surface area contributed by atoms with Crippen LogP contribution >= 0.6 is 0 Å². The van der Waals surface area contributed by atoms with Crippen LogP contribution in [-0.4, -0.2) is 45.1 Å². The molecule has 2 atom stereocenters. The van der Waals surface area contributed by atoms with Crippen LogP contribution < -0.4 is 11.1 Å². The molecule has 1 aromatic heterocycles. The van der Waals surface area contributed by atoms with Crippen LogP contribution in [0, 0.1) is 5.41 Å². The van der Waals surface area contributed by atoms with E-state index in [0.29, 0.717) is 5.41 Å². The summed E-state index contributed by atoms with van der Waals surface area (Å²) in [6, 6.07) is 5.21. The number of carboxylic acid groups (broad SMARTS) is 2. The van der Waals surface area contributed by atoms with E-state index in [-0.39, 0.29) is 19.3 Å². The molecule has 160 valence electrons. The second kappa shape index (κ2) is 10.6. The lowest BCUT2D eigenvalue weighted by atomic mass is 10.0. The van der Waals surface area contributed by atoms with Gasteiger partial charge in [-0.05, 0) is 23.5 Å². The molecule has 0 fully saturated rings. The molecule has 0 unspecified atom stereocenters. The number of H-pyrrole nitrogens is 1. The monoisotopic (exact) mass is 405 g/mol. The summed E-state index contributed by atoms with van der Waals surface area (Å²) in [5, 5.41) is 21.3. The van der Waals surface area contributed by atoms with Gasteiger partial charge in [-0.25, -0.2) is 4.79 Å². The number of hydrogen-bond acceptors (Lipinski definition) is 4. The molecule has 2 aromatic rings. The molecule has 1 heterocycles. The van der Waals surface area contributed by atoms with Crippen LogP contribution in [0.1, 0.15) is 46.1 Å². The molecule has 1 aromatic carbocycles. The van der Waals surface area contributed by atoms with Crippen LogP contribution in [0.4, 0.5) is 0 Å². The molecule has 0 aliphatic rings. The van der Waals surface area contributed by atoms with Gasteiger partial charge in [-0.3, -0.25) is 9.59 Å². The largest absolute Gasteiger partial charge is 0.480 e. The highest BCUT2D eigenvalue weighted by Crippen LogP contribution is 2.19. The zero-order valence-corrected chi connectivity index (χ0v) is 17.4. The van der Waals surface area contributed by atoms with Crippen molar-refractivity contribution in [3.63, 3.8) is 0 Å². The minimum absolute atomic E-state index is 0.0550. The second-order valence-corrected chi connectivity index (χ2v) is 8.51. The Bertz CT molecular complexity index is 832. The van der Waals surface area contributed by atoms with E-state index in [1.54, 1.807) is 6.20 Å². The van der Waals surface area contributed by atoms with Crippen molar-refractivity contribution in [2.75, 3.05) is 0 Å². The average Bonchev–Trinajstić information content (AvgIpc) is 3.00. The molecular formula is C21H31N3O5. The Morgan fingerprint density at radius 1 is 1.10 bits per heavy atom. The van der Waals surface area contributed by atoms with E-state index in [1.807, 2.05) is 24.3 Å². The molecular weight excluding hydrogens is 374 g/mol. The highest BCUT2D eigenvalue weighted by Gasteiger charge is 2.22. The maximum Gasteiger partial charge on any atom is 0.326 e. The maximum atomic E-state index is 11.8. The van der Waals surface area contributed by atoms with Crippen molar-refractivity contribution in [2.45, 2.75) is 59.0 Å². The number of rotatable bonds is 8. The standard InChI is InChI=1S/C16H19N3O5.C5H12/c17-11(15(21)22)5-6-14(20)19-13(16(23)24)7-9-8-18-12-4-2-1-3-10(9)12;1-5(2,3)4/h1-4,8,11,13,18H,5-7,17H2,(H,19,20)(H,21,22)(H,23,24);1-4H3/t11-,13-;/m1./s1. The lowest BCUT2D eigenvalue weighted by molar-refractivity contribution is -0.142. The number of carbonyl (C=O) groups is 3. The number of hydrogen-bond donors (Lipinski definition) is 5. The Morgan fingerprint density at radius 2 is 1.69 bits per heavy atom. The topological polar surface area (TPSA) is 146 Å². The molecule has 0 radical (unpaired) electrons. The Balaban J connectivity index is 0.000000749. The van der Waals surface area contributed by atoms with E-state index >= 15 is 0 Å². The number of amides is 1. The average molecular weight is 405 g/mol. The van der Waals surface area contributed by atoms with Crippen LogP contribution in [0.25, 0.3) is 10.9 Å². The van der Waals surface area contributed by atoms with Crippen LogP contribution in [-0.2, 0) is 20.8 Å². The summed E-state index contributed by atoms with van der Waals surface area (Å²) in [4.78, 5) is 36.9. The number of carboxylic acids is 2. The summed E-state index contributed by atoms with van der Waals surface area (Å²) >= 11 is 0. The SMILES string of the molecule is CC(C)(C)C.N[C@H](CCC(=O)N[C@H](Cc1c[nH]c2ccccc12)C(=O)O)C(=O)O. The van der Waals surface area contributed by atoms with Crippen molar-refractivity contribution in [1.82, 2.24) is 10.3 Å². The van der Waals surface area contributed by atoms with E-state index in [1.165, 1.54) is 0 Å². The van der Waals surface area contributed by atoms with Gasteiger partial charge in [0, 0.05) is 29.9 Å². The Hall–Kier alpha value is -2.87. The van der Waals surface area contributed by atoms with E-state index in [9.17, 15) is 19.5 Å². The van der Waals surface area contributed by atoms with Crippen molar-refractivity contribution >= 4 is 28.7 Å². The van der Waals surface area contributed by atoms with E-state index in [2.05, 4.69) is 38.0 Å². The first kappa shape index (κ1) is 24.2. The number of nitrogens with two attached hydrogens (primary N) is 1. The first-order valence-corrected chi connectivity index (χ1v) is 9.44. The molecule has 0 saturated carbocycles. The summed E-state index contributed by atoms with van der Waals surface area (Å²) in [6.07, 6.45) is 1.63. The molecule has 6 N–H and O–H groups in total. The number of fused-ring (bicyclic) bond motifs is 1. The Labute approximate surface area is 170 Å².